The van der Waals surface area contributed by atoms with E-state index in [2.05, 4.69) is 30.9 Å². The lowest BCUT2D eigenvalue weighted by Gasteiger charge is -2.30. The van der Waals surface area contributed by atoms with Crippen molar-refractivity contribution < 1.29 is 24.2 Å². The molecule has 4 N–H and O–H groups in total. The highest BCUT2D eigenvalue weighted by Crippen LogP contribution is 2.28. The molecule has 180 valence electrons. The van der Waals surface area contributed by atoms with Gasteiger partial charge in [-0.3, -0.25) is 14.6 Å². The fraction of sp³-hybridized carbons (Fsp3) is 0.292. The lowest BCUT2D eigenvalue weighted by molar-refractivity contribution is -0.130. The summed E-state index contributed by atoms with van der Waals surface area (Å²) in [5.74, 6) is 0.558. The molecule has 0 spiro atoms. The number of fused-ring (bicyclic) bond motifs is 2. The minimum absolute atomic E-state index is 0.0161. The molecule has 0 bridgehead atoms. The molecule has 2 unspecified atom stereocenters. The zero-order chi connectivity index (χ0) is 24.4. The summed E-state index contributed by atoms with van der Waals surface area (Å²) in [6.07, 6.45) is 5.62. The summed E-state index contributed by atoms with van der Waals surface area (Å²) in [5.41, 5.74) is 0.589. The first-order valence-corrected chi connectivity index (χ1v) is 11.1. The molecular weight excluding hydrogens is 452 g/mol. The molecule has 0 radical (unpaired) electrons. The number of rotatable bonds is 6. The summed E-state index contributed by atoms with van der Waals surface area (Å²) >= 11 is 0. The summed E-state index contributed by atoms with van der Waals surface area (Å²) in [6.45, 7) is 0.428. The van der Waals surface area contributed by atoms with Crippen molar-refractivity contribution in [2.24, 2.45) is 0 Å². The van der Waals surface area contributed by atoms with Crippen molar-refractivity contribution in [1.29, 1.82) is 0 Å². The van der Waals surface area contributed by atoms with Crippen LogP contribution in [0.5, 0.6) is 11.6 Å². The van der Waals surface area contributed by atoms with Crippen LogP contribution in [0.1, 0.15) is 18.5 Å². The molecule has 3 aromatic heterocycles. The van der Waals surface area contributed by atoms with E-state index >= 15 is 0 Å². The molecular formula is C24H24N6O5. The number of pyridine rings is 3. The molecule has 11 nitrogen and oxygen atoms in total. The van der Waals surface area contributed by atoms with Gasteiger partial charge >= 0.3 is 0 Å². The minimum Gasteiger partial charge on any atom is -0.481 e. The Morgan fingerprint density at radius 3 is 2.97 bits per heavy atom. The second-order valence-corrected chi connectivity index (χ2v) is 8.33. The van der Waals surface area contributed by atoms with Gasteiger partial charge in [-0.15, -0.1) is 0 Å². The first-order chi connectivity index (χ1) is 16.9. The van der Waals surface area contributed by atoms with E-state index in [9.17, 15) is 14.7 Å². The van der Waals surface area contributed by atoms with E-state index in [1.54, 1.807) is 36.5 Å². The number of methoxy groups -OCH3 is 1. The first kappa shape index (κ1) is 22.7. The van der Waals surface area contributed by atoms with Gasteiger partial charge in [0.2, 0.25) is 5.88 Å². The van der Waals surface area contributed by atoms with Crippen molar-refractivity contribution in [2.75, 3.05) is 24.4 Å². The zero-order valence-corrected chi connectivity index (χ0v) is 18.9. The summed E-state index contributed by atoms with van der Waals surface area (Å²) < 4.78 is 10.5. The SMILES string of the molecule is COc1ccc2nccc(NC(=O)C3(O)C=CC(NCc4ccc5c(n4)NC(=O)CO5)CC3)c2n1. The second kappa shape index (κ2) is 9.28. The molecule has 5 rings (SSSR count). The average Bonchev–Trinajstić information content (AvgIpc) is 2.88. The first-order valence-electron chi connectivity index (χ1n) is 11.1. The van der Waals surface area contributed by atoms with Crippen LogP contribution < -0.4 is 25.4 Å². The average molecular weight is 476 g/mol. The number of nitrogens with zero attached hydrogens (tertiary/aromatic N) is 3. The van der Waals surface area contributed by atoms with E-state index in [0.29, 0.717) is 47.1 Å². The van der Waals surface area contributed by atoms with Crippen LogP contribution in [0.15, 0.2) is 48.7 Å². The van der Waals surface area contributed by atoms with Crippen molar-refractivity contribution >= 4 is 34.4 Å². The van der Waals surface area contributed by atoms with Gasteiger partial charge in [0.05, 0.1) is 24.0 Å². The number of aromatic nitrogens is 3. The van der Waals surface area contributed by atoms with Gasteiger partial charge in [-0.25, -0.2) is 9.97 Å². The van der Waals surface area contributed by atoms with Crippen LogP contribution in [0, 0.1) is 0 Å². The highest BCUT2D eigenvalue weighted by molar-refractivity contribution is 6.03. The number of carbonyl (C=O) groups excluding carboxylic acids is 2. The largest absolute Gasteiger partial charge is 0.481 e. The minimum atomic E-state index is -1.65. The number of ether oxygens (including phenoxy) is 2. The number of carbonyl (C=O) groups is 2. The van der Waals surface area contributed by atoms with Crippen LogP contribution in [0.2, 0.25) is 0 Å². The third-order valence-corrected chi connectivity index (χ3v) is 5.93. The second-order valence-electron chi connectivity index (χ2n) is 8.33. The molecule has 2 amide bonds. The lowest BCUT2D eigenvalue weighted by atomic mass is 9.87. The fourth-order valence-corrected chi connectivity index (χ4v) is 3.98. The van der Waals surface area contributed by atoms with Gasteiger partial charge in [0, 0.05) is 24.8 Å². The molecule has 0 aromatic carbocycles. The third-order valence-electron chi connectivity index (χ3n) is 5.93. The van der Waals surface area contributed by atoms with Gasteiger partial charge in [-0.1, -0.05) is 6.08 Å². The number of hydrogen-bond acceptors (Lipinski definition) is 9. The molecule has 0 saturated carbocycles. The monoisotopic (exact) mass is 476 g/mol. The Balaban J connectivity index is 1.23. The van der Waals surface area contributed by atoms with Crippen molar-refractivity contribution in [3.8, 4) is 11.6 Å². The molecule has 0 fully saturated rings. The number of anilines is 2. The van der Waals surface area contributed by atoms with Gasteiger partial charge in [0.15, 0.2) is 23.8 Å². The highest BCUT2D eigenvalue weighted by Gasteiger charge is 2.36. The predicted molar refractivity (Wildman–Crippen MR) is 127 cm³/mol. The number of amides is 2. The molecule has 2 aliphatic rings. The van der Waals surface area contributed by atoms with Crippen LogP contribution in [0.3, 0.4) is 0 Å². The topological polar surface area (TPSA) is 148 Å². The summed E-state index contributed by atoms with van der Waals surface area (Å²) in [6, 6.07) is 8.61. The fourth-order valence-electron chi connectivity index (χ4n) is 3.98. The van der Waals surface area contributed by atoms with Crippen LogP contribution in [0.4, 0.5) is 11.5 Å². The maximum absolute atomic E-state index is 13.0. The maximum atomic E-state index is 13.0. The van der Waals surface area contributed by atoms with E-state index in [0.717, 1.165) is 5.69 Å². The molecule has 3 aromatic rings. The van der Waals surface area contributed by atoms with E-state index < -0.39 is 11.5 Å². The Morgan fingerprint density at radius 1 is 1.29 bits per heavy atom. The predicted octanol–water partition coefficient (Wildman–Crippen LogP) is 1.54. The number of nitrogens with one attached hydrogen (secondary N) is 3. The van der Waals surface area contributed by atoms with Crippen molar-refractivity contribution in [3.63, 3.8) is 0 Å². The summed E-state index contributed by atoms with van der Waals surface area (Å²) in [7, 11) is 1.51. The molecule has 0 saturated heterocycles. The van der Waals surface area contributed by atoms with Crippen LogP contribution in [0.25, 0.3) is 11.0 Å². The van der Waals surface area contributed by atoms with Gasteiger partial charge in [-0.05, 0) is 43.2 Å². The van der Waals surface area contributed by atoms with Gasteiger partial charge in [-0.2, -0.15) is 0 Å². The Kier molecular flexibility index (Phi) is 6.01. The number of hydrogen-bond donors (Lipinski definition) is 4. The lowest BCUT2D eigenvalue weighted by Crippen LogP contribution is -2.45. The molecule has 2 atom stereocenters. The number of aliphatic hydroxyl groups is 1. The van der Waals surface area contributed by atoms with Crippen LogP contribution in [-0.2, 0) is 16.1 Å². The molecule has 11 heteroatoms. The van der Waals surface area contributed by atoms with E-state index in [1.807, 2.05) is 6.07 Å². The molecule has 1 aliphatic heterocycles. The summed E-state index contributed by atoms with van der Waals surface area (Å²) in [5, 5.41) is 19.8. The molecule has 35 heavy (non-hydrogen) atoms. The van der Waals surface area contributed by atoms with E-state index in [4.69, 9.17) is 9.47 Å². The molecule has 4 heterocycles. The van der Waals surface area contributed by atoms with Crippen molar-refractivity contribution in [3.05, 3.63) is 54.4 Å². The summed E-state index contributed by atoms with van der Waals surface area (Å²) in [4.78, 5) is 37.5. The van der Waals surface area contributed by atoms with Gasteiger partial charge in [0.1, 0.15) is 5.52 Å². The standard InChI is InChI=1S/C24H24N6O5/c1-34-20-5-3-16-21(30-20)17(8-11-25-16)28-23(32)24(33)9-6-14(7-10-24)26-12-15-2-4-18-22(27-15)29-19(31)13-35-18/h2-6,8-9,11,14,26,33H,7,10,12-13H2,1H3,(H,25,28,32)(H,27,29,31). The Hall–Kier alpha value is -4.09. The smallest absolute Gasteiger partial charge is 0.263 e. The maximum Gasteiger partial charge on any atom is 0.263 e. The zero-order valence-electron chi connectivity index (χ0n) is 18.9. The van der Waals surface area contributed by atoms with Crippen molar-refractivity contribution in [2.45, 2.75) is 31.0 Å². The normalized spacial score (nSPS) is 21.1. The Labute approximate surface area is 200 Å². The van der Waals surface area contributed by atoms with E-state index in [1.165, 1.54) is 13.2 Å². The van der Waals surface area contributed by atoms with E-state index in [-0.39, 0.29) is 25.0 Å². The van der Waals surface area contributed by atoms with Crippen LogP contribution >= 0.6 is 0 Å². The highest BCUT2D eigenvalue weighted by atomic mass is 16.5. The van der Waals surface area contributed by atoms with Gasteiger partial charge in [0.25, 0.3) is 11.8 Å². The quantitative estimate of drug-likeness (QED) is 0.389. The van der Waals surface area contributed by atoms with Crippen LogP contribution in [-0.4, -0.2) is 57.2 Å². The Bertz CT molecular complexity index is 1330. The third kappa shape index (κ3) is 4.77. The van der Waals surface area contributed by atoms with Crippen molar-refractivity contribution in [1.82, 2.24) is 20.3 Å². The Morgan fingerprint density at radius 2 is 2.17 bits per heavy atom. The van der Waals surface area contributed by atoms with Gasteiger partial charge < -0.3 is 30.5 Å². The molecule has 1 aliphatic carbocycles.